The molecule has 0 atom stereocenters. The van der Waals surface area contributed by atoms with Gasteiger partial charge in [0.05, 0.1) is 10.7 Å². The molecule has 1 aliphatic heterocycles. The predicted molar refractivity (Wildman–Crippen MR) is 84.1 cm³/mol. The highest BCUT2D eigenvalue weighted by atomic mass is 35.5. The van der Waals surface area contributed by atoms with E-state index in [1.54, 1.807) is 0 Å². The summed E-state index contributed by atoms with van der Waals surface area (Å²) in [5.74, 6) is 0. The number of rotatable bonds is 4. The minimum Gasteiger partial charge on any atom is -0.370 e. The zero-order valence-corrected chi connectivity index (χ0v) is 13.1. The summed E-state index contributed by atoms with van der Waals surface area (Å²) < 4.78 is 0. The molecule has 0 aromatic heterocycles. The molecule has 0 unspecified atom stereocenters. The van der Waals surface area contributed by atoms with Crippen molar-refractivity contribution < 1.29 is 0 Å². The largest absolute Gasteiger partial charge is 0.370 e. The van der Waals surface area contributed by atoms with Crippen LogP contribution in [0.15, 0.2) is 18.2 Å². The molecule has 1 fully saturated rings. The van der Waals surface area contributed by atoms with Gasteiger partial charge in [-0.3, -0.25) is 0 Å². The second-order valence-corrected chi connectivity index (χ2v) is 6.62. The Balaban J connectivity index is 2.26. The van der Waals surface area contributed by atoms with Crippen molar-refractivity contribution in [3.05, 3.63) is 28.8 Å². The molecule has 0 bridgehead atoms. The smallest absolute Gasteiger partial charge is 0.0642 e. The fourth-order valence-electron chi connectivity index (χ4n) is 2.93. The van der Waals surface area contributed by atoms with Crippen molar-refractivity contribution in [2.75, 3.05) is 24.5 Å². The topological polar surface area (TPSA) is 15.3 Å². The number of nitrogens with zero attached hydrogens (tertiary/aromatic N) is 1. The van der Waals surface area contributed by atoms with E-state index < -0.39 is 0 Å². The van der Waals surface area contributed by atoms with Gasteiger partial charge in [-0.25, -0.2) is 0 Å². The molecule has 1 aliphatic rings. The molecule has 2 nitrogen and oxygen atoms in total. The lowest BCUT2D eigenvalue weighted by Crippen LogP contribution is -2.40. The van der Waals surface area contributed by atoms with Gasteiger partial charge in [0.1, 0.15) is 0 Å². The van der Waals surface area contributed by atoms with Crippen LogP contribution in [0.5, 0.6) is 0 Å². The third kappa shape index (κ3) is 3.64. The summed E-state index contributed by atoms with van der Waals surface area (Å²) >= 11 is 6.47. The molecule has 1 saturated heterocycles. The average molecular weight is 281 g/mol. The Morgan fingerprint density at radius 1 is 1.37 bits per heavy atom. The number of hydrogen-bond donors (Lipinski definition) is 1. The van der Waals surface area contributed by atoms with Crippen LogP contribution in [0, 0.1) is 5.41 Å². The van der Waals surface area contributed by atoms with Crippen LogP contribution in [0.4, 0.5) is 5.69 Å². The molecule has 3 heteroatoms. The van der Waals surface area contributed by atoms with Crippen molar-refractivity contribution in [1.82, 2.24) is 5.32 Å². The maximum absolute atomic E-state index is 6.47. The zero-order chi connectivity index (χ0) is 13.9. The van der Waals surface area contributed by atoms with Crippen molar-refractivity contribution in [2.45, 2.75) is 40.2 Å². The predicted octanol–water partition coefficient (Wildman–Crippen LogP) is 4.08. The van der Waals surface area contributed by atoms with Crippen LogP contribution in [-0.2, 0) is 6.54 Å². The Bertz CT molecular complexity index is 429. The van der Waals surface area contributed by atoms with E-state index in [4.69, 9.17) is 11.6 Å². The first kappa shape index (κ1) is 14.7. The lowest BCUT2D eigenvalue weighted by Gasteiger charge is -2.40. The fourth-order valence-corrected chi connectivity index (χ4v) is 3.24. The van der Waals surface area contributed by atoms with Crippen LogP contribution >= 0.6 is 11.6 Å². The monoisotopic (exact) mass is 280 g/mol. The molecule has 1 aromatic rings. The van der Waals surface area contributed by atoms with Gasteiger partial charge in [-0.15, -0.1) is 0 Å². The van der Waals surface area contributed by atoms with Gasteiger partial charge in [0.25, 0.3) is 0 Å². The first-order valence-corrected chi connectivity index (χ1v) is 7.64. The number of benzene rings is 1. The molecule has 106 valence electrons. The minimum atomic E-state index is 0.382. The van der Waals surface area contributed by atoms with Crippen LogP contribution < -0.4 is 10.2 Å². The van der Waals surface area contributed by atoms with Gasteiger partial charge in [0.2, 0.25) is 0 Å². The van der Waals surface area contributed by atoms with Crippen molar-refractivity contribution in [3.8, 4) is 0 Å². The molecular formula is C16H25ClN2. The normalized spacial score (nSPS) is 18.6. The first-order valence-electron chi connectivity index (χ1n) is 7.26. The molecule has 1 heterocycles. The molecule has 2 rings (SSSR count). The standard InChI is InChI=1S/C16H25ClN2/c1-4-18-11-13-7-5-8-14(17)15(13)19-10-6-9-16(2,3)12-19/h5,7-8,18H,4,6,9-12H2,1-3H3. The number of hydrogen-bond acceptors (Lipinski definition) is 2. The van der Waals surface area contributed by atoms with Crippen LogP contribution in [-0.4, -0.2) is 19.6 Å². The van der Waals surface area contributed by atoms with Gasteiger partial charge < -0.3 is 10.2 Å². The van der Waals surface area contributed by atoms with Gasteiger partial charge in [0.15, 0.2) is 0 Å². The van der Waals surface area contributed by atoms with E-state index in [0.29, 0.717) is 5.41 Å². The number of halogens is 1. The molecule has 0 saturated carbocycles. The Hall–Kier alpha value is -0.730. The third-order valence-electron chi connectivity index (χ3n) is 3.85. The Morgan fingerprint density at radius 3 is 2.84 bits per heavy atom. The van der Waals surface area contributed by atoms with E-state index in [0.717, 1.165) is 31.2 Å². The van der Waals surface area contributed by atoms with Gasteiger partial charge in [0, 0.05) is 19.6 Å². The van der Waals surface area contributed by atoms with Crippen LogP contribution in [0.25, 0.3) is 0 Å². The summed E-state index contributed by atoms with van der Waals surface area (Å²) in [6, 6.07) is 6.24. The van der Waals surface area contributed by atoms with E-state index in [-0.39, 0.29) is 0 Å². The summed E-state index contributed by atoms with van der Waals surface area (Å²) in [7, 11) is 0. The summed E-state index contributed by atoms with van der Waals surface area (Å²) in [4.78, 5) is 2.47. The average Bonchev–Trinajstić information content (AvgIpc) is 2.35. The lowest BCUT2D eigenvalue weighted by atomic mass is 9.84. The molecule has 19 heavy (non-hydrogen) atoms. The molecule has 0 spiro atoms. The van der Waals surface area contributed by atoms with E-state index in [1.807, 2.05) is 12.1 Å². The summed E-state index contributed by atoms with van der Waals surface area (Å²) in [6.07, 6.45) is 2.55. The number of nitrogens with one attached hydrogen (secondary N) is 1. The summed E-state index contributed by atoms with van der Waals surface area (Å²) in [6.45, 7) is 10.9. The number of piperidine rings is 1. The highest BCUT2D eigenvalue weighted by molar-refractivity contribution is 6.33. The third-order valence-corrected chi connectivity index (χ3v) is 4.16. The minimum absolute atomic E-state index is 0.382. The number of anilines is 1. The van der Waals surface area contributed by atoms with E-state index >= 15 is 0 Å². The molecule has 1 aromatic carbocycles. The van der Waals surface area contributed by atoms with E-state index in [9.17, 15) is 0 Å². The van der Waals surface area contributed by atoms with Gasteiger partial charge in [-0.1, -0.05) is 44.5 Å². The summed E-state index contributed by atoms with van der Waals surface area (Å²) in [5, 5.41) is 4.29. The molecule has 1 N–H and O–H groups in total. The van der Waals surface area contributed by atoms with Gasteiger partial charge in [-0.2, -0.15) is 0 Å². The zero-order valence-electron chi connectivity index (χ0n) is 12.3. The van der Waals surface area contributed by atoms with Gasteiger partial charge in [-0.05, 0) is 36.4 Å². The van der Waals surface area contributed by atoms with Crippen LogP contribution in [0.1, 0.15) is 39.2 Å². The second-order valence-electron chi connectivity index (χ2n) is 6.22. The maximum atomic E-state index is 6.47. The molecule has 0 aliphatic carbocycles. The van der Waals surface area contributed by atoms with E-state index in [1.165, 1.54) is 24.1 Å². The highest BCUT2D eigenvalue weighted by Crippen LogP contribution is 2.36. The highest BCUT2D eigenvalue weighted by Gasteiger charge is 2.28. The first-order chi connectivity index (χ1) is 9.03. The Kier molecular flexibility index (Phi) is 4.75. The van der Waals surface area contributed by atoms with Crippen LogP contribution in [0.2, 0.25) is 5.02 Å². The molecular weight excluding hydrogens is 256 g/mol. The van der Waals surface area contributed by atoms with E-state index in [2.05, 4.69) is 37.1 Å². The van der Waals surface area contributed by atoms with Gasteiger partial charge >= 0.3 is 0 Å². The van der Waals surface area contributed by atoms with Crippen molar-refractivity contribution in [2.24, 2.45) is 5.41 Å². The maximum Gasteiger partial charge on any atom is 0.0642 e. The number of para-hydroxylation sites is 1. The Labute approximate surface area is 122 Å². The SMILES string of the molecule is CCNCc1cccc(Cl)c1N1CCCC(C)(C)C1. The summed E-state index contributed by atoms with van der Waals surface area (Å²) in [5.41, 5.74) is 2.93. The van der Waals surface area contributed by atoms with Crippen molar-refractivity contribution in [1.29, 1.82) is 0 Å². The second kappa shape index (κ2) is 6.15. The fraction of sp³-hybridized carbons (Fsp3) is 0.625. The molecule has 0 amide bonds. The molecule has 0 radical (unpaired) electrons. The Morgan fingerprint density at radius 2 is 2.16 bits per heavy atom. The quantitative estimate of drug-likeness (QED) is 0.894. The van der Waals surface area contributed by atoms with Crippen LogP contribution in [0.3, 0.4) is 0 Å². The van der Waals surface area contributed by atoms with Crippen molar-refractivity contribution in [3.63, 3.8) is 0 Å². The lowest BCUT2D eigenvalue weighted by molar-refractivity contribution is 0.293. The van der Waals surface area contributed by atoms with Crippen molar-refractivity contribution >= 4 is 17.3 Å².